The molecular weight excluding hydrogens is 229 g/mol. The zero-order valence-electron chi connectivity index (χ0n) is 7.65. The summed E-state index contributed by atoms with van der Waals surface area (Å²) < 4.78 is 8.99. The minimum Gasteiger partial charge on any atom is -0.428 e. The first-order valence-corrected chi connectivity index (χ1v) is 4.82. The van der Waals surface area contributed by atoms with Crippen LogP contribution >= 0.6 is 24.3 Å². The summed E-state index contributed by atoms with van der Waals surface area (Å²) in [7, 11) is 0. The number of hydrogen-bond acceptors (Lipinski definition) is 4. The molecule has 2 bridgehead atoms. The Morgan fingerprint density at radius 1 is 1.36 bits per heavy atom. The van der Waals surface area contributed by atoms with Crippen LogP contribution in [0.3, 0.4) is 0 Å². The van der Waals surface area contributed by atoms with Crippen LogP contribution < -0.4 is 0 Å². The second-order valence-corrected chi connectivity index (χ2v) is 3.78. The molecule has 3 heterocycles. The molecule has 0 aromatic carbocycles. The highest BCUT2D eigenvalue weighted by Crippen LogP contribution is 2.29. The standard InChI is InChI=1S/C8H12ClNO3.ClH/c9-13-8(11)12-7-5-10-3-1-6(7)2-4-10;/h6-7H,1-5H2;1H/t7-;/m0./s1. The van der Waals surface area contributed by atoms with E-state index in [2.05, 4.69) is 9.19 Å². The Labute approximate surface area is 94.1 Å². The predicted octanol–water partition coefficient (Wildman–Crippen LogP) is 1.81. The number of carbonyl (C=O) groups excluding carboxylic acids is 1. The van der Waals surface area contributed by atoms with E-state index in [-0.39, 0.29) is 18.5 Å². The maximum absolute atomic E-state index is 10.8. The minimum absolute atomic E-state index is 0. The Hall–Kier alpha value is -0.190. The zero-order chi connectivity index (χ0) is 9.26. The number of carbonyl (C=O) groups is 1. The van der Waals surface area contributed by atoms with Gasteiger partial charge in [-0.25, -0.2) is 4.79 Å². The third-order valence-corrected chi connectivity index (χ3v) is 3.03. The molecule has 14 heavy (non-hydrogen) atoms. The maximum atomic E-state index is 10.8. The van der Waals surface area contributed by atoms with Gasteiger partial charge in [0, 0.05) is 6.54 Å². The van der Waals surface area contributed by atoms with Crippen molar-refractivity contribution in [2.75, 3.05) is 19.6 Å². The molecule has 3 aliphatic rings. The summed E-state index contributed by atoms with van der Waals surface area (Å²) in [6, 6.07) is 0. The summed E-state index contributed by atoms with van der Waals surface area (Å²) in [5.41, 5.74) is 0. The van der Waals surface area contributed by atoms with Gasteiger partial charge in [0.1, 0.15) is 18.0 Å². The molecule has 6 heteroatoms. The molecule has 3 rings (SSSR count). The van der Waals surface area contributed by atoms with Gasteiger partial charge in [0.25, 0.3) is 0 Å². The van der Waals surface area contributed by atoms with Gasteiger partial charge in [-0.2, -0.15) is 0 Å². The van der Waals surface area contributed by atoms with Crippen molar-refractivity contribution in [1.29, 1.82) is 0 Å². The molecule has 3 saturated heterocycles. The third kappa shape index (κ3) is 2.43. The number of rotatable bonds is 1. The van der Waals surface area contributed by atoms with E-state index in [1.807, 2.05) is 0 Å². The van der Waals surface area contributed by atoms with Crippen LogP contribution in [0.4, 0.5) is 4.79 Å². The smallest absolute Gasteiger partial charge is 0.428 e. The predicted molar refractivity (Wildman–Crippen MR) is 53.6 cm³/mol. The molecule has 0 aromatic rings. The first kappa shape index (κ1) is 11.9. The van der Waals surface area contributed by atoms with E-state index >= 15 is 0 Å². The van der Waals surface area contributed by atoms with E-state index in [0.29, 0.717) is 5.92 Å². The van der Waals surface area contributed by atoms with Crippen LogP contribution in [-0.2, 0) is 9.03 Å². The Bertz CT molecular complexity index is 207. The quantitative estimate of drug-likeness (QED) is 0.657. The Morgan fingerprint density at radius 2 is 2.00 bits per heavy atom. The van der Waals surface area contributed by atoms with E-state index in [0.717, 1.165) is 32.5 Å². The molecule has 0 unspecified atom stereocenters. The summed E-state index contributed by atoms with van der Waals surface area (Å²) >= 11 is 4.89. The van der Waals surface area contributed by atoms with Crippen LogP contribution in [0.1, 0.15) is 12.8 Å². The van der Waals surface area contributed by atoms with Crippen LogP contribution in [-0.4, -0.2) is 36.8 Å². The molecule has 0 amide bonds. The topological polar surface area (TPSA) is 38.8 Å². The average molecular weight is 242 g/mol. The van der Waals surface area contributed by atoms with Crippen LogP contribution in [0.25, 0.3) is 0 Å². The van der Waals surface area contributed by atoms with Crippen molar-refractivity contribution in [3.8, 4) is 0 Å². The Kier molecular flexibility index (Phi) is 4.29. The second kappa shape index (κ2) is 5.05. The van der Waals surface area contributed by atoms with Crippen LogP contribution in [0.5, 0.6) is 0 Å². The van der Waals surface area contributed by atoms with E-state index in [9.17, 15) is 4.79 Å². The molecule has 82 valence electrons. The second-order valence-electron chi connectivity index (χ2n) is 3.62. The molecule has 0 N–H and O–H groups in total. The normalized spacial score (nSPS) is 34.5. The van der Waals surface area contributed by atoms with Crippen molar-refractivity contribution < 1.29 is 13.8 Å². The molecule has 3 fully saturated rings. The lowest BCUT2D eigenvalue weighted by atomic mass is 9.86. The van der Waals surface area contributed by atoms with Gasteiger partial charge in [-0.05, 0) is 31.8 Å². The van der Waals surface area contributed by atoms with Crippen molar-refractivity contribution in [3.63, 3.8) is 0 Å². The molecule has 3 aliphatic heterocycles. The van der Waals surface area contributed by atoms with E-state index in [4.69, 9.17) is 16.6 Å². The van der Waals surface area contributed by atoms with Crippen molar-refractivity contribution in [2.24, 2.45) is 5.92 Å². The first-order valence-electron chi connectivity index (χ1n) is 4.51. The molecule has 0 aromatic heterocycles. The van der Waals surface area contributed by atoms with E-state index in [1.165, 1.54) is 0 Å². The summed E-state index contributed by atoms with van der Waals surface area (Å²) in [5.74, 6) is 0.501. The van der Waals surface area contributed by atoms with Gasteiger partial charge in [0.2, 0.25) is 0 Å². The highest BCUT2D eigenvalue weighted by Gasteiger charge is 2.36. The molecule has 1 atom stereocenters. The number of fused-ring (bicyclic) bond motifs is 3. The first-order chi connectivity index (χ1) is 6.29. The number of hydrogen-bond donors (Lipinski definition) is 0. The molecule has 0 spiro atoms. The largest absolute Gasteiger partial charge is 0.527 e. The lowest BCUT2D eigenvalue weighted by Gasteiger charge is -2.43. The zero-order valence-corrected chi connectivity index (χ0v) is 9.22. The number of nitrogens with zero attached hydrogens (tertiary/aromatic N) is 1. The average Bonchev–Trinajstić information content (AvgIpc) is 2.19. The number of piperidine rings is 3. The monoisotopic (exact) mass is 241 g/mol. The summed E-state index contributed by atoms with van der Waals surface area (Å²) in [5, 5.41) is 0. The summed E-state index contributed by atoms with van der Waals surface area (Å²) in [6.07, 6.45) is 1.43. The molecule has 4 nitrogen and oxygen atoms in total. The fourth-order valence-corrected chi connectivity index (χ4v) is 2.22. The van der Waals surface area contributed by atoms with E-state index < -0.39 is 6.16 Å². The number of halogens is 2. The molecule has 0 aliphatic carbocycles. The minimum atomic E-state index is -0.777. The Morgan fingerprint density at radius 3 is 2.43 bits per heavy atom. The van der Waals surface area contributed by atoms with Crippen molar-refractivity contribution in [2.45, 2.75) is 18.9 Å². The highest BCUT2D eigenvalue weighted by atomic mass is 35.5. The van der Waals surface area contributed by atoms with Gasteiger partial charge in [0.05, 0.1) is 0 Å². The van der Waals surface area contributed by atoms with Gasteiger partial charge in [0.15, 0.2) is 0 Å². The Balaban J connectivity index is 0.000000980. The molecular formula is C8H13Cl2NO3. The van der Waals surface area contributed by atoms with Crippen LogP contribution in [0.15, 0.2) is 0 Å². The fourth-order valence-electron chi connectivity index (χ4n) is 2.19. The maximum Gasteiger partial charge on any atom is 0.527 e. The van der Waals surface area contributed by atoms with Gasteiger partial charge >= 0.3 is 6.16 Å². The van der Waals surface area contributed by atoms with Gasteiger partial charge in [-0.1, -0.05) is 0 Å². The molecule has 0 radical (unpaired) electrons. The van der Waals surface area contributed by atoms with Crippen molar-refractivity contribution >= 4 is 30.4 Å². The van der Waals surface area contributed by atoms with Crippen LogP contribution in [0.2, 0.25) is 0 Å². The molecule has 0 saturated carbocycles. The van der Waals surface area contributed by atoms with E-state index in [1.54, 1.807) is 0 Å². The van der Waals surface area contributed by atoms with Crippen molar-refractivity contribution in [3.05, 3.63) is 0 Å². The summed E-state index contributed by atoms with van der Waals surface area (Å²) in [6.45, 7) is 3.08. The summed E-state index contributed by atoms with van der Waals surface area (Å²) in [4.78, 5) is 13.1. The lowest BCUT2D eigenvalue weighted by molar-refractivity contribution is -0.0455. The van der Waals surface area contributed by atoms with Gasteiger partial charge in [-0.15, -0.1) is 12.4 Å². The van der Waals surface area contributed by atoms with Gasteiger partial charge < -0.3 is 9.03 Å². The van der Waals surface area contributed by atoms with Crippen molar-refractivity contribution in [1.82, 2.24) is 4.90 Å². The number of ether oxygens (including phenoxy) is 1. The SMILES string of the molecule is Cl.O=C(OCl)O[C@H]1CN2CCC1CC2. The highest BCUT2D eigenvalue weighted by molar-refractivity contribution is 6.12. The van der Waals surface area contributed by atoms with Crippen LogP contribution in [0, 0.1) is 5.92 Å². The lowest BCUT2D eigenvalue weighted by Crippen LogP contribution is -2.51. The third-order valence-electron chi connectivity index (χ3n) is 2.91. The van der Waals surface area contributed by atoms with Gasteiger partial charge in [-0.3, -0.25) is 4.90 Å². The fraction of sp³-hybridized carbons (Fsp3) is 0.875.